The highest BCUT2D eigenvalue weighted by molar-refractivity contribution is 6.30. The molecule has 2 heterocycles. The van der Waals surface area contributed by atoms with E-state index >= 15 is 0 Å². The van der Waals surface area contributed by atoms with Gasteiger partial charge >= 0.3 is 0 Å². The van der Waals surface area contributed by atoms with Crippen LogP contribution in [0.4, 0.5) is 11.6 Å². The van der Waals surface area contributed by atoms with Crippen LogP contribution in [0.3, 0.4) is 0 Å². The second-order valence-corrected chi connectivity index (χ2v) is 8.34. The minimum Gasteiger partial charge on any atom is -0.489 e. The summed E-state index contributed by atoms with van der Waals surface area (Å²) in [5.74, 6) is 1.03. The maximum Gasteiger partial charge on any atom is 0.255 e. The zero-order chi connectivity index (χ0) is 23.5. The normalized spacial score (nSPS) is 14.8. The lowest BCUT2D eigenvalue weighted by Crippen LogP contribution is -2.31. The van der Waals surface area contributed by atoms with Crippen LogP contribution in [0, 0.1) is 0 Å². The van der Waals surface area contributed by atoms with Crippen LogP contribution in [0.5, 0.6) is 5.75 Å². The van der Waals surface area contributed by atoms with Gasteiger partial charge in [0.05, 0.1) is 5.57 Å². The Morgan fingerprint density at radius 3 is 2.68 bits per heavy atom. The maximum atomic E-state index is 13.4. The summed E-state index contributed by atoms with van der Waals surface area (Å²) in [4.78, 5) is 17.7. The summed E-state index contributed by atoms with van der Waals surface area (Å²) in [7, 11) is 0. The van der Waals surface area contributed by atoms with Crippen molar-refractivity contribution in [2.75, 3.05) is 10.6 Å². The van der Waals surface area contributed by atoms with E-state index in [1.165, 1.54) is 6.33 Å². The van der Waals surface area contributed by atoms with Crippen molar-refractivity contribution >= 4 is 29.1 Å². The van der Waals surface area contributed by atoms with Gasteiger partial charge in [-0.2, -0.15) is 10.1 Å². The molecule has 0 saturated carbocycles. The molecule has 0 aliphatic carbocycles. The molecular formula is C26H22ClN5O2. The summed E-state index contributed by atoms with van der Waals surface area (Å²) in [6, 6.07) is 24.2. The second kappa shape index (κ2) is 9.41. The van der Waals surface area contributed by atoms with Crippen LogP contribution in [0.25, 0.3) is 0 Å². The van der Waals surface area contributed by atoms with Gasteiger partial charge in [0, 0.05) is 16.4 Å². The molecule has 0 bridgehead atoms. The number of hydrogen-bond acceptors (Lipinski definition) is 5. The molecule has 8 heteroatoms. The van der Waals surface area contributed by atoms with Gasteiger partial charge in [-0.15, -0.1) is 0 Å². The number of carbonyl (C=O) groups is 1. The number of nitrogens with zero attached hydrogens (tertiary/aromatic N) is 3. The molecule has 1 amide bonds. The lowest BCUT2D eigenvalue weighted by Gasteiger charge is -2.29. The van der Waals surface area contributed by atoms with Gasteiger partial charge in [0.2, 0.25) is 5.95 Å². The van der Waals surface area contributed by atoms with Crippen LogP contribution < -0.4 is 15.4 Å². The highest BCUT2D eigenvalue weighted by atomic mass is 35.5. The molecule has 0 unspecified atom stereocenters. The molecule has 4 aromatic rings. The largest absolute Gasteiger partial charge is 0.489 e. The number of hydrogen-bond donors (Lipinski definition) is 2. The van der Waals surface area contributed by atoms with Gasteiger partial charge in [0.25, 0.3) is 5.91 Å². The molecule has 34 heavy (non-hydrogen) atoms. The van der Waals surface area contributed by atoms with Gasteiger partial charge < -0.3 is 15.4 Å². The molecule has 1 aliphatic rings. The van der Waals surface area contributed by atoms with Gasteiger partial charge in [-0.05, 0) is 54.4 Å². The van der Waals surface area contributed by atoms with Crippen LogP contribution in [-0.2, 0) is 11.4 Å². The number of benzene rings is 3. The Bertz CT molecular complexity index is 1350. The van der Waals surface area contributed by atoms with E-state index in [1.807, 2.05) is 61.5 Å². The fourth-order valence-electron chi connectivity index (χ4n) is 3.94. The molecule has 1 aliphatic heterocycles. The summed E-state index contributed by atoms with van der Waals surface area (Å²) >= 11 is 5.98. The molecule has 7 nitrogen and oxygen atoms in total. The van der Waals surface area contributed by atoms with E-state index in [1.54, 1.807) is 28.9 Å². The Morgan fingerprint density at radius 2 is 1.88 bits per heavy atom. The Balaban J connectivity index is 1.46. The number of allylic oxidation sites excluding steroid dienone is 1. The number of carbonyl (C=O) groups excluding carboxylic acids is 1. The first-order valence-corrected chi connectivity index (χ1v) is 11.2. The molecular weight excluding hydrogens is 450 g/mol. The van der Waals surface area contributed by atoms with Gasteiger partial charge in [-0.3, -0.25) is 4.79 Å². The average Bonchev–Trinajstić information content (AvgIpc) is 3.32. The van der Waals surface area contributed by atoms with Crippen LogP contribution in [0.1, 0.15) is 24.1 Å². The molecule has 1 aromatic heterocycles. The Labute approximate surface area is 202 Å². The van der Waals surface area contributed by atoms with E-state index < -0.39 is 6.04 Å². The number of rotatable bonds is 6. The van der Waals surface area contributed by atoms with Crippen LogP contribution >= 0.6 is 11.6 Å². The fourth-order valence-corrected chi connectivity index (χ4v) is 4.07. The minimum absolute atomic E-state index is 0.242. The maximum absolute atomic E-state index is 13.4. The fraction of sp³-hybridized carbons (Fsp3) is 0.115. The first-order chi connectivity index (χ1) is 16.6. The smallest absolute Gasteiger partial charge is 0.255 e. The van der Waals surface area contributed by atoms with Crippen LogP contribution in [-0.4, -0.2) is 20.7 Å². The van der Waals surface area contributed by atoms with Gasteiger partial charge in [-0.1, -0.05) is 54.1 Å². The van der Waals surface area contributed by atoms with Crippen molar-refractivity contribution in [1.29, 1.82) is 0 Å². The Hall–Kier alpha value is -4.10. The third-order valence-corrected chi connectivity index (χ3v) is 5.82. The minimum atomic E-state index is -0.480. The highest BCUT2D eigenvalue weighted by Crippen LogP contribution is 2.36. The predicted octanol–water partition coefficient (Wildman–Crippen LogP) is 5.44. The summed E-state index contributed by atoms with van der Waals surface area (Å²) in [6.45, 7) is 2.31. The van der Waals surface area contributed by atoms with E-state index in [4.69, 9.17) is 16.3 Å². The molecule has 3 aromatic carbocycles. The van der Waals surface area contributed by atoms with E-state index in [2.05, 4.69) is 20.7 Å². The summed E-state index contributed by atoms with van der Waals surface area (Å²) in [6.07, 6.45) is 1.47. The van der Waals surface area contributed by atoms with E-state index in [9.17, 15) is 4.79 Å². The molecule has 2 N–H and O–H groups in total. The van der Waals surface area contributed by atoms with Crippen molar-refractivity contribution in [3.05, 3.63) is 113 Å². The number of nitrogens with one attached hydrogen (secondary N) is 2. The molecule has 0 saturated heterocycles. The molecule has 0 fully saturated rings. The Kier molecular flexibility index (Phi) is 6.01. The van der Waals surface area contributed by atoms with Crippen LogP contribution in [0.15, 0.2) is 96.5 Å². The Morgan fingerprint density at radius 1 is 1.09 bits per heavy atom. The quantitative estimate of drug-likeness (QED) is 0.391. The molecule has 0 spiro atoms. The van der Waals surface area contributed by atoms with Crippen molar-refractivity contribution in [3.8, 4) is 5.75 Å². The SMILES string of the molecule is CC1=C(C(=O)Nc2ccc(Cl)cc2)[C@H](c2cccc(OCc3ccccc3)c2)n2ncnc2N1. The first kappa shape index (κ1) is 21.7. The third kappa shape index (κ3) is 4.51. The summed E-state index contributed by atoms with van der Waals surface area (Å²) in [5.41, 5.74) is 3.82. The number of fused-ring (bicyclic) bond motifs is 1. The molecule has 5 rings (SSSR count). The lowest BCUT2D eigenvalue weighted by molar-refractivity contribution is -0.113. The number of anilines is 2. The number of ether oxygens (including phenoxy) is 1. The molecule has 170 valence electrons. The van der Waals surface area contributed by atoms with E-state index in [0.29, 0.717) is 40.3 Å². The zero-order valence-electron chi connectivity index (χ0n) is 18.4. The van der Waals surface area contributed by atoms with Crippen molar-refractivity contribution in [3.63, 3.8) is 0 Å². The zero-order valence-corrected chi connectivity index (χ0v) is 19.2. The molecule has 0 radical (unpaired) electrons. The standard InChI is InChI=1S/C26H22ClN5O2/c1-17-23(25(33)31-21-12-10-20(27)11-13-21)24(32-26(30-17)28-16-29-32)19-8-5-9-22(14-19)34-15-18-6-3-2-4-7-18/h2-14,16,24H,15H2,1H3,(H,31,33)(H,28,29,30)/t24-/m0/s1. The predicted molar refractivity (Wildman–Crippen MR) is 132 cm³/mol. The number of aromatic nitrogens is 3. The van der Waals surface area contributed by atoms with Gasteiger partial charge in [-0.25, -0.2) is 4.68 Å². The average molecular weight is 472 g/mol. The summed E-state index contributed by atoms with van der Waals surface area (Å²) < 4.78 is 7.74. The van der Waals surface area contributed by atoms with Crippen molar-refractivity contribution < 1.29 is 9.53 Å². The third-order valence-electron chi connectivity index (χ3n) is 5.56. The van der Waals surface area contributed by atoms with Crippen LogP contribution in [0.2, 0.25) is 5.02 Å². The van der Waals surface area contributed by atoms with Crippen molar-refractivity contribution in [2.45, 2.75) is 19.6 Å². The van der Waals surface area contributed by atoms with Crippen molar-refractivity contribution in [1.82, 2.24) is 14.8 Å². The summed E-state index contributed by atoms with van der Waals surface area (Å²) in [5, 5.41) is 11.1. The number of halogens is 1. The second-order valence-electron chi connectivity index (χ2n) is 7.90. The van der Waals surface area contributed by atoms with Crippen molar-refractivity contribution in [2.24, 2.45) is 0 Å². The first-order valence-electron chi connectivity index (χ1n) is 10.8. The topological polar surface area (TPSA) is 81.1 Å². The van der Waals surface area contributed by atoms with E-state index in [-0.39, 0.29) is 5.91 Å². The number of amides is 1. The van der Waals surface area contributed by atoms with Gasteiger partial charge in [0.15, 0.2) is 0 Å². The molecule has 1 atom stereocenters. The van der Waals surface area contributed by atoms with Gasteiger partial charge in [0.1, 0.15) is 24.7 Å². The van der Waals surface area contributed by atoms with E-state index in [0.717, 1.165) is 11.1 Å². The monoisotopic (exact) mass is 471 g/mol. The lowest BCUT2D eigenvalue weighted by atomic mass is 9.95. The highest BCUT2D eigenvalue weighted by Gasteiger charge is 2.33.